The SMILES string of the molecule is CNC(=O)NC(=O)[C@@H](C)OC(=O)c1ccccc1C(=O)c1ccccc1. The molecule has 0 fully saturated rings. The third-order valence-electron chi connectivity index (χ3n) is 3.54. The minimum Gasteiger partial charge on any atom is -0.449 e. The van der Waals surface area contributed by atoms with Crippen molar-refractivity contribution < 1.29 is 23.9 Å². The lowest BCUT2D eigenvalue weighted by molar-refractivity contribution is -0.127. The number of nitrogens with one attached hydrogen (secondary N) is 2. The van der Waals surface area contributed by atoms with Gasteiger partial charge in [0.05, 0.1) is 5.56 Å². The highest BCUT2D eigenvalue weighted by molar-refractivity contribution is 6.14. The summed E-state index contributed by atoms with van der Waals surface area (Å²) in [6.07, 6.45) is -1.21. The summed E-state index contributed by atoms with van der Waals surface area (Å²) in [6, 6.07) is 14.0. The van der Waals surface area contributed by atoms with E-state index in [0.717, 1.165) is 0 Å². The van der Waals surface area contributed by atoms with Gasteiger partial charge in [0.15, 0.2) is 11.9 Å². The van der Waals surface area contributed by atoms with Crippen molar-refractivity contribution in [3.8, 4) is 0 Å². The number of carbonyl (C=O) groups is 4. The van der Waals surface area contributed by atoms with Gasteiger partial charge in [0.1, 0.15) is 0 Å². The highest BCUT2D eigenvalue weighted by Crippen LogP contribution is 2.16. The normalized spacial score (nSPS) is 11.2. The van der Waals surface area contributed by atoms with Gasteiger partial charge in [-0.2, -0.15) is 0 Å². The van der Waals surface area contributed by atoms with Gasteiger partial charge < -0.3 is 10.1 Å². The predicted octanol–water partition coefficient (Wildman–Crippen LogP) is 1.92. The fourth-order valence-electron chi connectivity index (χ4n) is 2.16. The molecule has 2 N–H and O–H groups in total. The Bertz CT molecular complexity index is 833. The lowest BCUT2D eigenvalue weighted by Gasteiger charge is -2.14. The van der Waals surface area contributed by atoms with Crippen LogP contribution in [0.15, 0.2) is 54.6 Å². The molecule has 0 aromatic heterocycles. The number of urea groups is 1. The molecule has 0 spiro atoms. The molecule has 3 amide bonds. The zero-order valence-corrected chi connectivity index (χ0v) is 14.3. The molecule has 7 heteroatoms. The highest BCUT2D eigenvalue weighted by atomic mass is 16.5. The second-order valence-electron chi connectivity index (χ2n) is 5.36. The van der Waals surface area contributed by atoms with E-state index in [4.69, 9.17) is 4.74 Å². The number of imide groups is 1. The van der Waals surface area contributed by atoms with Crippen LogP contribution in [0.3, 0.4) is 0 Å². The number of hydrogen-bond acceptors (Lipinski definition) is 5. The Hall–Kier alpha value is -3.48. The Morgan fingerprint density at radius 2 is 1.46 bits per heavy atom. The summed E-state index contributed by atoms with van der Waals surface area (Å²) in [5.74, 6) is -1.94. The Morgan fingerprint density at radius 3 is 2.08 bits per heavy atom. The maximum absolute atomic E-state index is 12.6. The first-order chi connectivity index (χ1) is 12.4. The number of benzene rings is 2. The lowest BCUT2D eigenvalue weighted by Crippen LogP contribution is -2.43. The summed E-state index contributed by atoms with van der Waals surface area (Å²) in [5, 5.41) is 4.24. The summed E-state index contributed by atoms with van der Waals surface area (Å²) in [7, 11) is 1.35. The molecule has 1 atom stereocenters. The summed E-state index contributed by atoms with van der Waals surface area (Å²) < 4.78 is 5.09. The average Bonchev–Trinajstić information content (AvgIpc) is 2.67. The van der Waals surface area contributed by atoms with Crippen LogP contribution in [0.1, 0.15) is 33.2 Å². The Morgan fingerprint density at radius 1 is 0.885 bits per heavy atom. The quantitative estimate of drug-likeness (QED) is 0.631. The van der Waals surface area contributed by atoms with E-state index in [1.807, 2.05) is 5.32 Å². The largest absolute Gasteiger partial charge is 0.449 e. The van der Waals surface area contributed by atoms with E-state index in [2.05, 4.69) is 5.32 Å². The standard InChI is InChI=1S/C19H18N2O5/c1-12(17(23)21-19(25)20-2)26-18(24)15-11-7-6-10-14(15)16(22)13-8-4-3-5-9-13/h3-12H,1-2H3,(H2,20,21,23,25)/t12-/m1/s1. The highest BCUT2D eigenvalue weighted by Gasteiger charge is 2.24. The van der Waals surface area contributed by atoms with Crippen LogP contribution in [0.2, 0.25) is 0 Å². The molecule has 0 bridgehead atoms. The summed E-state index contributed by atoms with van der Waals surface area (Å²) >= 11 is 0. The smallest absolute Gasteiger partial charge is 0.339 e. The van der Waals surface area contributed by atoms with Crippen LogP contribution >= 0.6 is 0 Å². The maximum Gasteiger partial charge on any atom is 0.339 e. The molecule has 2 rings (SSSR count). The third kappa shape index (κ3) is 4.54. The second kappa shape index (κ2) is 8.57. The van der Waals surface area contributed by atoms with Crippen molar-refractivity contribution in [3.63, 3.8) is 0 Å². The van der Waals surface area contributed by atoms with Gasteiger partial charge in [0.2, 0.25) is 0 Å². The van der Waals surface area contributed by atoms with Gasteiger partial charge in [0.25, 0.3) is 5.91 Å². The number of hydrogen-bond donors (Lipinski definition) is 2. The van der Waals surface area contributed by atoms with Crippen molar-refractivity contribution >= 4 is 23.7 Å². The van der Waals surface area contributed by atoms with E-state index in [1.54, 1.807) is 42.5 Å². The van der Waals surface area contributed by atoms with E-state index in [0.29, 0.717) is 5.56 Å². The predicted molar refractivity (Wildman–Crippen MR) is 93.8 cm³/mol. The Balaban J connectivity index is 2.19. The fraction of sp³-hybridized carbons (Fsp3) is 0.158. The van der Waals surface area contributed by atoms with Crippen LogP contribution in [-0.2, 0) is 9.53 Å². The van der Waals surface area contributed by atoms with E-state index in [1.165, 1.54) is 26.1 Å². The number of ketones is 1. The number of carbonyl (C=O) groups excluding carboxylic acids is 4. The molecule has 2 aromatic carbocycles. The van der Waals surface area contributed by atoms with E-state index < -0.39 is 24.0 Å². The number of rotatable bonds is 5. The van der Waals surface area contributed by atoms with Crippen molar-refractivity contribution in [2.24, 2.45) is 0 Å². The molecule has 26 heavy (non-hydrogen) atoms. The molecular formula is C19H18N2O5. The molecule has 0 radical (unpaired) electrons. The van der Waals surface area contributed by atoms with Gasteiger partial charge in [-0.25, -0.2) is 9.59 Å². The summed E-state index contributed by atoms with van der Waals surface area (Å²) in [6.45, 7) is 1.33. The molecule has 0 heterocycles. The van der Waals surface area contributed by atoms with Crippen molar-refractivity contribution in [3.05, 3.63) is 71.3 Å². The zero-order valence-electron chi connectivity index (χ0n) is 14.3. The molecule has 0 saturated heterocycles. The van der Waals surface area contributed by atoms with Gasteiger partial charge in [-0.3, -0.25) is 14.9 Å². The van der Waals surface area contributed by atoms with Gasteiger partial charge in [-0.15, -0.1) is 0 Å². The average molecular weight is 354 g/mol. The van der Waals surface area contributed by atoms with E-state index >= 15 is 0 Å². The first-order valence-corrected chi connectivity index (χ1v) is 7.86. The van der Waals surface area contributed by atoms with Gasteiger partial charge in [-0.05, 0) is 13.0 Å². The summed E-state index contributed by atoms with van der Waals surface area (Å²) in [4.78, 5) is 48.0. The topological polar surface area (TPSA) is 102 Å². The van der Waals surface area contributed by atoms with Crippen molar-refractivity contribution in [1.29, 1.82) is 0 Å². The molecule has 0 saturated carbocycles. The maximum atomic E-state index is 12.6. The van der Waals surface area contributed by atoms with Crippen LogP contribution in [0.25, 0.3) is 0 Å². The second-order valence-corrected chi connectivity index (χ2v) is 5.36. The third-order valence-corrected chi connectivity index (χ3v) is 3.54. The number of esters is 1. The van der Waals surface area contributed by atoms with Crippen LogP contribution in [0, 0.1) is 0 Å². The molecule has 2 aromatic rings. The Kier molecular flexibility index (Phi) is 6.21. The van der Waals surface area contributed by atoms with Gasteiger partial charge in [-0.1, -0.05) is 48.5 Å². The molecule has 134 valence electrons. The van der Waals surface area contributed by atoms with Gasteiger partial charge >= 0.3 is 12.0 Å². The zero-order chi connectivity index (χ0) is 19.1. The first-order valence-electron chi connectivity index (χ1n) is 7.86. The first kappa shape index (κ1) is 18.9. The van der Waals surface area contributed by atoms with Gasteiger partial charge in [0, 0.05) is 18.2 Å². The lowest BCUT2D eigenvalue weighted by atomic mass is 9.98. The molecule has 0 aliphatic heterocycles. The number of amides is 3. The van der Waals surface area contributed by atoms with Crippen molar-refractivity contribution in [2.45, 2.75) is 13.0 Å². The fourth-order valence-corrected chi connectivity index (χ4v) is 2.16. The molecule has 7 nitrogen and oxygen atoms in total. The van der Waals surface area contributed by atoms with Crippen LogP contribution < -0.4 is 10.6 Å². The summed E-state index contributed by atoms with van der Waals surface area (Å²) in [5.41, 5.74) is 0.640. The minimum absolute atomic E-state index is 0.0425. The van der Waals surface area contributed by atoms with Crippen molar-refractivity contribution in [1.82, 2.24) is 10.6 Å². The molecular weight excluding hydrogens is 336 g/mol. The molecule has 0 aliphatic rings. The minimum atomic E-state index is -1.21. The molecule has 0 aliphatic carbocycles. The van der Waals surface area contributed by atoms with E-state index in [9.17, 15) is 19.2 Å². The number of ether oxygens (including phenoxy) is 1. The van der Waals surface area contributed by atoms with Crippen molar-refractivity contribution in [2.75, 3.05) is 7.05 Å². The molecule has 0 unspecified atom stereocenters. The monoisotopic (exact) mass is 354 g/mol. The van der Waals surface area contributed by atoms with E-state index in [-0.39, 0.29) is 16.9 Å². The van der Waals surface area contributed by atoms with Crippen LogP contribution in [0.4, 0.5) is 4.79 Å². The Labute approximate surface area is 150 Å². The van der Waals surface area contributed by atoms with Crippen LogP contribution in [0.5, 0.6) is 0 Å². The van der Waals surface area contributed by atoms with Crippen LogP contribution in [-0.4, -0.2) is 36.8 Å².